The maximum Gasteiger partial charge on any atom is 0.320 e. The van der Waals surface area contributed by atoms with Gasteiger partial charge in [0.2, 0.25) is 5.91 Å². The third-order valence-corrected chi connectivity index (χ3v) is 5.02. The highest BCUT2D eigenvalue weighted by molar-refractivity contribution is 5.86. The molecule has 2 heterocycles. The van der Waals surface area contributed by atoms with E-state index in [9.17, 15) is 9.59 Å². The fourth-order valence-corrected chi connectivity index (χ4v) is 3.72. The Morgan fingerprint density at radius 1 is 1.21 bits per heavy atom. The Morgan fingerprint density at radius 3 is 2.58 bits per heavy atom. The van der Waals surface area contributed by atoms with Crippen molar-refractivity contribution >= 4 is 11.9 Å². The second kappa shape index (κ2) is 7.66. The molecule has 1 aromatic carbocycles. The van der Waals surface area contributed by atoms with Gasteiger partial charge in [0.25, 0.3) is 0 Å². The number of rotatable bonds is 5. The van der Waals surface area contributed by atoms with Crippen LogP contribution in [0, 0.1) is 0 Å². The molecule has 1 aromatic rings. The van der Waals surface area contributed by atoms with Gasteiger partial charge in [0.1, 0.15) is 6.04 Å². The minimum absolute atomic E-state index is 0.0344. The van der Waals surface area contributed by atoms with E-state index in [1.807, 2.05) is 35.2 Å². The predicted octanol–water partition coefficient (Wildman–Crippen LogP) is 0.963. The molecule has 3 N–H and O–H groups in total. The molecule has 130 valence electrons. The van der Waals surface area contributed by atoms with Crippen LogP contribution in [0.4, 0.5) is 4.79 Å². The maximum absolute atomic E-state index is 13.0. The molecule has 0 saturated carbocycles. The Balaban J connectivity index is 1.74. The average Bonchev–Trinajstić information content (AvgIpc) is 2.62. The molecule has 1 atom stereocenters. The zero-order chi connectivity index (χ0) is 16.9. The molecule has 0 radical (unpaired) electrons. The fraction of sp³-hybridized carbons (Fsp3) is 0.556. The summed E-state index contributed by atoms with van der Waals surface area (Å²) >= 11 is 0. The van der Waals surface area contributed by atoms with Crippen molar-refractivity contribution in [1.29, 1.82) is 0 Å². The van der Waals surface area contributed by atoms with Crippen LogP contribution in [0.15, 0.2) is 30.3 Å². The normalized spacial score (nSPS) is 20.9. The number of benzene rings is 1. The molecular formula is C18H26N4O2. The number of amides is 3. The van der Waals surface area contributed by atoms with Crippen LogP contribution >= 0.6 is 0 Å². The van der Waals surface area contributed by atoms with E-state index in [1.165, 1.54) is 0 Å². The summed E-state index contributed by atoms with van der Waals surface area (Å²) in [6.07, 6.45) is 3.30. The van der Waals surface area contributed by atoms with Gasteiger partial charge >= 0.3 is 6.03 Å². The summed E-state index contributed by atoms with van der Waals surface area (Å²) < 4.78 is 0. The molecule has 6 nitrogen and oxygen atoms in total. The summed E-state index contributed by atoms with van der Waals surface area (Å²) in [6.45, 7) is 3.26. The average molecular weight is 330 g/mol. The zero-order valence-corrected chi connectivity index (χ0v) is 14.0. The first-order chi connectivity index (χ1) is 11.7. The van der Waals surface area contributed by atoms with Crippen molar-refractivity contribution in [3.63, 3.8) is 0 Å². The highest BCUT2D eigenvalue weighted by Crippen LogP contribution is 2.21. The number of primary amides is 1. The molecule has 0 aliphatic carbocycles. The van der Waals surface area contributed by atoms with E-state index in [1.54, 1.807) is 4.90 Å². The Morgan fingerprint density at radius 2 is 1.92 bits per heavy atom. The number of urea groups is 1. The summed E-state index contributed by atoms with van der Waals surface area (Å²) in [4.78, 5) is 28.6. The third-order valence-electron chi connectivity index (χ3n) is 5.02. The van der Waals surface area contributed by atoms with Gasteiger partial charge in [-0.15, -0.1) is 0 Å². The molecule has 0 bridgehead atoms. The number of nitrogens with one attached hydrogen (secondary N) is 1. The molecular weight excluding hydrogens is 304 g/mol. The first kappa shape index (κ1) is 16.8. The predicted molar refractivity (Wildman–Crippen MR) is 92.4 cm³/mol. The first-order valence-corrected chi connectivity index (χ1v) is 8.78. The molecule has 2 fully saturated rings. The van der Waals surface area contributed by atoms with Gasteiger partial charge in [-0.05, 0) is 37.9 Å². The van der Waals surface area contributed by atoms with Gasteiger partial charge in [-0.25, -0.2) is 4.79 Å². The number of piperidine rings is 1. The molecule has 2 aliphatic heterocycles. The number of nitrogens with zero attached hydrogens (tertiary/aromatic N) is 2. The van der Waals surface area contributed by atoms with Crippen molar-refractivity contribution in [2.24, 2.45) is 5.73 Å². The molecule has 6 heteroatoms. The van der Waals surface area contributed by atoms with E-state index in [2.05, 4.69) is 5.32 Å². The van der Waals surface area contributed by atoms with Crippen molar-refractivity contribution in [1.82, 2.24) is 15.1 Å². The highest BCUT2D eigenvalue weighted by atomic mass is 16.2. The molecule has 2 saturated heterocycles. The lowest BCUT2D eigenvalue weighted by Crippen LogP contribution is -2.60. The first-order valence-electron chi connectivity index (χ1n) is 8.78. The number of carbonyl (C=O) groups excluding carboxylic acids is 2. The lowest BCUT2D eigenvalue weighted by atomic mass is 10.0. The summed E-state index contributed by atoms with van der Waals surface area (Å²) in [5, 5.41) is 3.33. The van der Waals surface area contributed by atoms with Crippen molar-refractivity contribution in [2.75, 3.05) is 26.2 Å². The SMILES string of the molecule is NC(=O)C(Cc1ccccc1)N1CCCN(C2CCNCC2)C1=O. The Bertz CT molecular complexity index is 572. The van der Waals surface area contributed by atoms with Gasteiger partial charge in [0.15, 0.2) is 0 Å². The minimum atomic E-state index is -0.579. The molecule has 2 aliphatic rings. The summed E-state index contributed by atoms with van der Waals surface area (Å²) in [5.41, 5.74) is 6.66. The smallest absolute Gasteiger partial charge is 0.320 e. The van der Waals surface area contributed by atoms with Gasteiger partial charge < -0.3 is 20.9 Å². The molecule has 3 amide bonds. The Hall–Kier alpha value is -2.08. The van der Waals surface area contributed by atoms with E-state index < -0.39 is 11.9 Å². The van der Waals surface area contributed by atoms with Crippen LogP contribution in [0.1, 0.15) is 24.8 Å². The Kier molecular flexibility index (Phi) is 5.35. The van der Waals surface area contributed by atoms with Crippen LogP contribution in [0.25, 0.3) is 0 Å². The molecule has 0 aromatic heterocycles. The van der Waals surface area contributed by atoms with E-state index in [0.717, 1.165) is 44.5 Å². The van der Waals surface area contributed by atoms with E-state index in [-0.39, 0.29) is 12.1 Å². The minimum Gasteiger partial charge on any atom is -0.368 e. The summed E-state index contributed by atoms with van der Waals surface area (Å²) in [7, 11) is 0. The lowest BCUT2D eigenvalue weighted by molar-refractivity contribution is -0.122. The van der Waals surface area contributed by atoms with Crippen LogP contribution in [0.2, 0.25) is 0 Å². The monoisotopic (exact) mass is 330 g/mol. The highest BCUT2D eigenvalue weighted by Gasteiger charge is 2.37. The van der Waals surface area contributed by atoms with E-state index in [0.29, 0.717) is 13.0 Å². The van der Waals surface area contributed by atoms with E-state index >= 15 is 0 Å². The standard InChI is InChI=1S/C18H26N4O2/c19-17(23)16(13-14-5-2-1-3-6-14)22-12-4-11-21(18(22)24)15-7-9-20-10-8-15/h1-3,5-6,15-16,20H,4,7-13H2,(H2,19,23). The van der Waals surface area contributed by atoms with Gasteiger partial charge in [-0.1, -0.05) is 30.3 Å². The molecule has 0 spiro atoms. The number of hydrogen-bond acceptors (Lipinski definition) is 3. The van der Waals surface area contributed by atoms with Crippen molar-refractivity contribution in [2.45, 2.75) is 37.8 Å². The Labute approximate surface area is 143 Å². The summed E-state index contributed by atoms with van der Waals surface area (Å²) in [5.74, 6) is -0.431. The van der Waals surface area contributed by atoms with Crippen LogP contribution in [0.3, 0.4) is 0 Å². The second-order valence-corrected chi connectivity index (χ2v) is 6.61. The number of hydrogen-bond donors (Lipinski definition) is 2. The number of nitrogens with two attached hydrogens (primary N) is 1. The fourth-order valence-electron chi connectivity index (χ4n) is 3.72. The van der Waals surface area contributed by atoms with Crippen molar-refractivity contribution in [3.05, 3.63) is 35.9 Å². The molecule has 24 heavy (non-hydrogen) atoms. The van der Waals surface area contributed by atoms with Gasteiger partial charge in [-0.2, -0.15) is 0 Å². The largest absolute Gasteiger partial charge is 0.368 e. The number of carbonyl (C=O) groups is 2. The van der Waals surface area contributed by atoms with Crippen LogP contribution in [-0.4, -0.2) is 60.0 Å². The van der Waals surface area contributed by atoms with Crippen LogP contribution in [0.5, 0.6) is 0 Å². The quantitative estimate of drug-likeness (QED) is 0.844. The van der Waals surface area contributed by atoms with Crippen LogP contribution < -0.4 is 11.1 Å². The topological polar surface area (TPSA) is 78.7 Å². The molecule has 1 unspecified atom stereocenters. The van der Waals surface area contributed by atoms with E-state index in [4.69, 9.17) is 5.73 Å². The third kappa shape index (κ3) is 3.70. The lowest BCUT2D eigenvalue weighted by Gasteiger charge is -2.43. The van der Waals surface area contributed by atoms with Gasteiger partial charge in [0, 0.05) is 25.6 Å². The van der Waals surface area contributed by atoms with Gasteiger partial charge in [0.05, 0.1) is 0 Å². The molecule has 3 rings (SSSR count). The second-order valence-electron chi connectivity index (χ2n) is 6.61. The van der Waals surface area contributed by atoms with Crippen molar-refractivity contribution in [3.8, 4) is 0 Å². The van der Waals surface area contributed by atoms with Crippen molar-refractivity contribution < 1.29 is 9.59 Å². The zero-order valence-electron chi connectivity index (χ0n) is 14.0. The van der Waals surface area contributed by atoms with Gasteiger partial charge in [-0.3, -0.25) is 4.79 Å². The van der Waals surface area contributed by atoms with Crippen LogP contribution in [-0.2, 0) is 11.2 Å². The summed E-state index contributed by atoms with van der Waals surface area (Å²) in [6, 6.07) is 9.40. The maximum atomic E-state index is 13.0.